The van der Waals surface area contributed by atoms with Crippen LogP contribution in [0.3, 0.4) is 0 Å². The molecule has 0 bridgehead atoms. The van der Waals surface area contributed by atoms with Gasteiger partial charge in [-0.25, -0.2) is 4.98 Å². The Bertz CT molecular complexity index is 1560. The number of H-pyrrole nitrogens is 1. The maximum absolute atomic E-state index is 13.4. The predicted molar refractivity (Wildman–Crippen MR) is 144 cm³/mol. The van der Waals surface area contributed by atoms with Gasteiger partial charge < -0.3 is 15.6 Å². The van der Waals surface area contributed by atoms with Crippen LogP contribution in [0.5, 0.6) is 0 Å². The number of aromatic nitrogens is 2. The Hall–Kier alpha value is -4.06. The van der Waals surface area contributed by atoms with E-state index in [9.17, 15) is 35.9 Å². The van der Waals surface area contributed by atoms with E-state index in [2.05, 4.69) is 20.6 Å². The summed E-state index contributed by atoms with van der Waals surface area (Å²) >= 11 is 0. The number of amides is 2. The fourth-order valence-electron chi connectivity index (χ4n) is 4.25. The van der Waals surface area contributed by atoms with Crippen LogP contribution in [0.25, 0.3) is 11.0 Å². The van der Waals surface area contributed by atoms with E-state index in [1.54, 1.807) is 0 Å². The summed E-state index contributed by atoms with van der Waals surface area (Å²) in [6, 6.07) is 11.7. The highest BCUT2D eigenvalue weighted by Gasteiger charge is 2.35. The number of alkyl halides is 6. The van der Waals surface area contributed by atoms with Gasteiger partial charge in [-0.15, -0.1) is 12.4 Å². The molecule has 0 saturated heterocycles. The highest BCUT2D eigenvalue weighted by atomic mass is 35.5. The van der Waals surface area contributed by atoms with Gasteiger partial charge in [-0.05, 0) is 41.8 Å². The zero-order valence-corrected chi connectivity index (χ0v) is 22.5. The molecule has 4 aromatic rings. The number of nitrogens with one attached hydrogen (secondary N) is 3. The molecule has 2 amide bonds. The summed E-state index contributed by atoms with van der Waals surface area (Å²) in [5.74, 6) is -1.13. The minimum Gasteiger partial charge on any atom is -0.348 e. The first-order valence-electron chi connectivity index (χ1n) is 12.2. The third-order valence-electron chi connectivity index (χ3n) is 5.98. The van der Waals surface area contributed by atoms with Gasteiger partial charge in [-0.1, -0.05) is 44.2 Å². The molecule has 4 rings (SSSR count). The van der Waals surface area contributed by atoms with Gasteiger partial charge >= 0.3 is 12.4 Å². The lowest BCUT2D eigenvalue weighted by atomic mass is 10.1. The minimum absolute atomic E-state index is 0. The first-order valence-corrected chi connectivity index (χ1v) is 12.2. The number of hydrogen-bond acceptors (Lipinski definition) is 3. The second-order valence-corrected chi connectivity index (χ2v) is 9.54. The van der Waals surface area contributed by atoms with Crippen molar-refractivity contribution >= 4 is 40.9 Å². The van der Waals surface area contributed by atoms with Crippen molar-refractivity contribution in [3.63, 3.8) is 0 Å². The second-order valence-electron chi connectivity index (χ2n) is 9.54. The molecule has 1 aromatic heterocycles. The molecule has 1 heterocycles. The van der Waals surface area contributed by atoms with Crippen molar-refractivity contribution < 1.29 is 35.9 Å². The molecule has 0 spiro atoms. The summed E-state index contributed by atoms with van der Waals surface area (Å²) in [6.45, 7) is 3.44. The molecular weight excluding hydrogens is 574 g/mol. The lowest BCUT2D eigenvalue weighted by molar-refractivity contribution is -0.138. The number of rotatable bonds is 7. The van der Waals surface area contributed by atoms with Crippen LogP contribution in [0.15, 0.2) is 60.7 Å². The lowest BCUT2D eigenvalue weighted by Gasteiger charge is -2.14. The maximum Gasteiger partial charge on any atom is 0.417 e. The number of fused-ring (bicyclic) bond motifs is 1. The van der Waals surface area contributed by atoms with E-state index in [1.165, 1.54) is 36.4 Å². The number of imidazole rings is 1. The SMILES string of the molecule is CC(C)Cc1nc2c(C(=O)NCc3ccccc3C(F)(F)F)cc(NC(=O)c3ccccc3C(F)(F)F)cc2[nH]1.Cl. The highest BCUT2D eigenvalue weighted by Crippen LogP contribution is 2.33. The van der Waals surface area contributed by atoms with Gasteiger partial charge in [0.2, 0.25) is 0 Å². The topological polar surface area (TPSA) is 86.9 Å². The zero-order chi connectivity index (χ0) is 29.2. The molecule has 3 aromatic carbocycles. The Labute approximate surface area is 237 Å². The summed E-state index contributed by atoms with van der Waals surface area (Å²) in [5, 5.41) is 4.85. The Kier molecular flexibility index (Phi) is 9.37. The molecule has 3 N–H and O–H groups in total. The molecule has 0 radical (unpaired) electrons. The third-order valence-corrected chi connectivity index (χ3v) is 5.98. The smallest absolute Gasteiger partial charge is 0.348 e. The fraction of sp³-hybridized carbons (Fsp3) is 0.250. The maximum atomic E-state index is 13.4. The number of carbonyl (C=O) groups excluding carboxylic acids is 2. The van der Waals surface area contributed by atoms with Crippen LogP contribution >= 0.6 is 12.4 Å². The number of nitrogens with zero attached hydrogens (tertiary/aromatic N) is 1. The number of halogens is 7. The van der Waals surface area contributed by atoms with E-state index in [1.807, 2.05) is 13.8 Å². The van der Waals surface area contributed by atoms with Crippen LogP contribution in [-0.2, 0) is 25.3 Å². The number of anilines is 1. The van der Waals surface area contributed by atoms with Gasteiger partial charge in [0.15, 0.2) is 0 Å². The molecule has 0 saturated carbocycles. The molecule has 0 fully saturated rings. The van der Waals surface area contributed by atoms with E-state index in [0.29, 0.717) is 17.8 Å². The van der Waals surface area contributed by atoms with Gasteiger partial charge in [0.25, 0.3) is 11.8 Å². The zero-order valence-electron chi connectivity index (χ0n) is 21.7. The van der Waals surface area contributed by atoms with Gasteiger partial charge in [0, 0.05) is 18.7 Å². The Balaban J connectivity index is 0.00000462. The largest absolute Gasteiger partial charge is 0.417 e. The van der Waals surface area contributed by atoms with Crippen LogP contribution in [0, 0.1) is 5.92 Å². The molecular formula is C28H25ClF6N4O2. The van der Waals surface area contributed by atoms with Crippen molar-refractivity contribution in [2.24, 2.45) is 5.92 Å². The van der Waals surface area contributed by atoms with Crippen molar-refractivity contribution in [1.29, 1.82) is 0 Å². The third kappa shape index (κ3) is 7.37. The first-order chi connectivity index (χ1) is 18.7. The Morgan fingerprint density at radius 2 is 1.46 bits per heavy atom. The van der Waals surface area contributed by atoms with E-state index < -0.39 is 47.4 Å². The molecule has 41 heavy (non-hydrogen) atoms. The van der Waals surface area contributed by atoms with Gasteiger partial charge in [-0.2, -0.15) is 26.3 Å². The molecule has 218 valence electrons. The molecule has 13 heteroatoms. The molecule has 0 aliphatic rings. The molecule has 6 nitrogen and oxygen atoms in total. The minimum atomic E-state index is -4.77. The molecule has 0 unspecified atom stereocenters. The molecule has 0 aliphatic heterocycles. The van der Waals surface area contributed by atoms with E-state index in [0.717, 1.165) is 24.3 Å². The summed E-state index contributed by atoms with van der Waals surface area (Å²) < 4.78 is 80.5. The number of benzene rings is 3. The van der Waals surface area contributed by atoms with Crippen LogP contribution in [0.4, 0.5) is 32.0 Å². The number of aromatic amines is 1. The van der Waals surface area contributed by atoms with E-state index in [-0.39, 0.29) is 40.7 Å². The average molecular weight is 599 g/mol. The van der Waals surface area contributed by atoms with Crippen molar-refractivity contribution in [2.45, 2.75) is 39.2 Å². The van der Waals surface area contributed by atoms with Crippen LogP contribution in [0.2, 0.25) is 0 Å². The fourth-order valence-corrected chi connectivity index (χ4v) is 4.25. The second kappa shape index (κ2) is 12.2. The molecule has 0 aliphatic carbocycles. The van der Waals surface area contributed by atoms with Crippen molar-refractivity contribution in [3.8, 4) is 0 Å². The number of hydrogen-bond donors (Lipinski definition) is 3. The van der Waals surface area contributed by atoms with Gasteiger partial charge in [-0.3, -0.25) is 9.59 Å². The normalized spacial score (nSPS) is 11.8. The van der Waals surface area contributed by atoms with Crippen LogP contribution in [-0.4, -0.2) is 21.8 Å². The Morgan fingerprint density at radius 1 is 0.854 bits per heavy atom. The number of carbonyl (C=O) groups is 2. The van der Waals surface area contributed by atoms with E-state index in [4.69, 9.17) is 0 Å². The standard InChI is InChI=1S/C28H24F6N4O2.ClH/c1-15(2)11-23-37-22-13-17(36-26(40)18-8-4-6-10-21(18)28(32,33)34)12-19(24(22)38-23)25(39)35-14-16-7-3-5-9-20(16)27(29,30)31;/h3-10,12-13,15H,11,14H2,1-2H3,(H,35,39)(H,36,40)(H,37,38);1H. The van der Waals surface area contributed by atoms with Crippen molar-refractivity contribution in [1.82, 2.24) is 15.3 Å². The van der Waals surface area contributed by atoms with Crippen LogP contribution < -0.4 is 10.6 Å². The first kappa shape index (κ1) is 31.5. The summed E-state index contributed by atoms with van der Waals surface area (Å²) in [6.07, 6.45) is -8.89. The van der Waals surface area contributed by atoms with Crippen LogP contribution in [0.1, 0.15) is 57.1 Å². The Morgan fingerprint density at radius 3 is 2.10 bits per heavy atom. The average Bonchev–Trinajstić information content (AvgIpc) is 3.27. The monoisotopic (exact) mass is 598 g/mol. The summed E-state index contributed by atoms with van der Waals surface area (Å²) in [5.41, 5.74) is -2.36. The summed E-state index contributed by atoms with van der Waals surface area (Å²) in [7, 11) is 0. The van der Waals surface area contributed by atoms with Crippen molar-refractivity contribution in [2.75, 3.05) is 5.32 Å². The quantitative estimate of drug-likeness (QED) is 0.194. The summed E-state index contributed by atoms with van der Waals surface area (Å²) in [4.78, 5) is 33.6. The lowest BCUT2D eigenvalue weighted by Crippen LogP contribution is -2.25. The van der Waals surface area contributed by atoms with Gasteiger partial charge in [0.1, 0.15) is 11.3 Å². The molecule has 0 atom stereocenters. The predicted octanol–water partition coefficient (Wildman–Crippen LogP) is 7.40. The van der Waals surface area contributed by atoms with Crippen molar-refractivity contribution in [3.05, 3.63) is 94.3 Å². The van der Waals surface area contributed by atoms with Gasteiger partial charge in [0.05, 0.1) is 27.8 Å². The highest BCUT2D eigenvalue weighted by molar-refractivity contribution is 6.10. The van der Waals surface area contributed by atoms with E-state index >= 15 is 0 Å².